The van der Waals surface area contributed by atoms with E-state index in [9.17, 15) is 25.3 Å². The van der Waals surface area contributed by atoms with Gasteiger partial charge in [-0.15, -0.1) is 0 Å². The van der Waals surface area contributed by atoms with Gasteiger partial charge in [0.05, 0.1) is 16.8 Å². The summed E-state index contributed by atoms with van der Waals surface area (Å²) in [5.41, 5.74) is 0. The number of sulfone groups is 1. The van der Waals surface area contributed by atoms with Crippen molar-refractivity contribution < 1.29 is 29.8 Å². The Balaban J connectivity index is 3.05. The van der Waals surface area contributed by atoms with E-state index in [-0.39, 0.29) is 19.3 Å². The molecule has 3 atom stereocenters. The van der Waals surface area contributed by atoms with Gasteiger partial charge in [-0.2, -0.15) is 8.42 Å². The minimum atomic E-state index is -4.33. The van der Waals surface area contributed by atoms with Crippen LogP contribution in [0.4, 0.5) is 0 Å². The van der Waals surface area contributed by atoms with E-state index in [2.05, 4.69) is 4.72 Å². The lowest BCUT2D eigenvalue weighted by Gasteiger charge is -2.33. The molecule has 1 fully saturated rings. The third-order valence-corrected chi connectivity index (χ3v) is 6.70. The number of hydrogen-bond donors (Lipinski definition) is 2. The fourth-order valence-corrected chi connectivity index (χ4v) is 5.55. The highest BCUT2D eigenvalue weighted by Crippen LogP contribution is 2.28. The highest BCUT2D eigenvalue weighted by atomic mass is 32.2. The summed E-state index contributed by atoms with van der Waals surface area (Å²) in [6, 6.07) is -0.872. The quantitative estimate of drug-likeness (QED) is 0.613. The second kappa shape index (κ2) is 5.28. The first-order valence-electron chi connectivity index (χ1n) is 5.43. The van der Waals surface area contributed by atoms with Crippen LogP contribution in [0.3, 0.4) is 0 Å². The average molecular weight is 335 g/mol. The summed E-state index contributed by atoms with van der Waals surface area (Å²) in [6.45, 7) is 0. The van der Waals surface area contributed by atoms with E-state index in [0.717, 1.165) is 12.5 Å². The minimum absolute atomic E-state index is 0.0119. The van der Waals surface area contributed by atoms with Crippen LogP contribution in [0.1, 0.15) is 19.3 Å². The molecule has 0 aromatic carbocycles. The van der Waals surface area contributed by atoms with Gasteiger partial charge in [-0.05, 0) is 19.3 Å². The van der Waals surface area contributed by atoms with Crippen molar-refractivity contribution in [3.63, 3.8) is 0 Å². The summed E-state index contributed by atoms with van der Waals surface area (Å²) in [5, 5.41) is -2.34. The third-order valence-electron chi connectivity index (χ3n) is 3.08. The third kappa shape index (κ3) is 4.99. The first-order valence-corrected chi connectivity index (χ1v) is 10.8. The second-order valence-electron chi connectivity index (χ2n) is 4.81. The Morgan fingerprint density at radius 2 is 1.53 bits per heavy atom. The SMILES string of the molecule is CS(=O)(=O)NC1CCC(S(=O)(=O)O)CC1S(C)(=O)=O. The maximum atomic E-state index is 11.6. The standard InChI is InChI=1S/C8H17NO7S3/c1-17(10,11)8-5-6(19(14,15)16)3-4-7(8)9-18(2,12)13/h6-9H,3-5H2,1-2H3,(H,14,15,16). The zero-order chi connectivity index (χ0) is 15.1. The van der Waals surface area contributed by atoms with E-state index in [0.29, 0.717) is 0 Å². The fourth-order valence-electron chi connectivity index (χ4n) is 2.25. The molecule has 3 unspecified atom stereocenters. The lowest BCUT2D eigenvalue weighted by molar-refractivity contribution is 0.384. The highest BCUT2D eigenvalue weighted by Gasteiger charge is 2.42. The van der Waals surface area contributed by atoms with Crippen molar-refractivity contribution in [3.05, 3.63) is 0 Å². The summed E-state index contributed by atoms with van der Waals surface area (Å²) in [4.78, 5) is 0. The summed E-state index contributed by atoms with van der Waals surface area (Å²) in [6.07, 6.45) is 1.56. The van der Waals surface area contributed by atoms with E-state index in [1.165, 1.54) is 0 Å². The predicted molar refractivity (Wildman–Crippen MR) is 69.6 cm³/mol. The van der Waals surface area contributed by atoms with Crippen molar-refractivity contribution in [1.82, 2.24) is 4.72 Å². The Bertz CT molecular complexity index is 634. The van der Waals surface area contributed by atoms with Crippen LogP contribution >= 0.6 is 0 Å². The Kier molecular flexibility index (Phi) is 4.67. The molecule has 1 rings (SSSR count). The molecular weight excluding hydrogens is 318 g/mol. The highest BCUT2D eigenvalue weighted by molar-refractivity contribution is 7.91. The van der Waals surface area contributed by atoms with Gasteiger partial charge in [0.1, 0.15) is 0 Å². The largest absolute Gasteiger partial charge is 0.285 e. The molecule has 19 heavy (non-hydrogen) atoms. The lowest BCUT2D eigenvalue weighted by Crippen LogP contribution is -2.51. The summed E-state index contributed by atoms with van der Waals surface area (Å²) >= 11 is 0. The van der Waals surface area contributed by atoms with Gasteiger partial charge in [0.15, 0.2) is 9.84 Å². The molecule has 0 spiro atoms. The molecule has 1 saturated carbocycles. The molecule has 11 heteroatoms. The van der Waals surface area contributed by atoms with Gasteiger partial charge in [0.25, 0.3) is 10.1 Å². The van der Waals surface area contributed by atoms with Crippen LogP contribution in [0.25, 0.3) is 0 Å². The average Bonchev–Trinajstić information content (AvgIpc) is 2.11. The maximum Gasteiger partial charge on any atom is 0.267 e. The van der Waals surface area contributed by atoms with Crippen LogP contribution in [-0.2, 0) is 30.0 Å². The molecule has 1 aliphatic rings. The van der Waals surface area contributed by atoms with Crippen molar-refractivity contribution in [2.24, 2.45) is 0 Å². The van der Waals surface area contributed by atoms with Gasteiger partial charge in [0.2, 0.25) is 10.0 Å². The molecule has 114 valence electrons. The van der Waals surface area contributed by atoms with Gasteiger partial charge in [-0.3, -0.25) is 4.55 Å². The first-order chi connectivity index (χ1) is 8.31. The molecule has 0 saturated heterocycles. The van der Waals surface area contributed by atoms with E-state index in [1.54, 1.807) is 0 Å². The predicted octanol–water partition coefficient (Wildman–Crippen LogP) is -1.24. The van der Waals surface area contributed by atoms with Crippen LogP contribution in [0, 0.1) is 0 Å². The number of nitrogens with one attached hydrogen (secondary N) is 1. The smallest absolute Gasteiger partial charge is 0.267 e. The molecule has 0 aromatic rings. The summed E-state index contributed by atoms with van der Waals surface area (Å²) < 4.78 is 79.0. The Labute approximate surface area is 113 Å². The fraction of sp³-hybridized carbons (Fsp3) is 1.00. The Morgan fingerprint density at radius 3 is 1.89 bits per heavy atom. The molecular formula is C8H17NO7S3. The summed E-state index contributed by atoms with van der Waals surface area (Å²) in [5.74, 6) is 0. The molecule has 0 radical (unpaired) electrons. The number of rotatable bonds is 4. The van der Waals surface area contributed by atoms with Gasteiger partial charge >= 0.3 is 0 Å². The van der Waals surface area contributed by atoms with Gasteiger partial charge in [-0.25, -0.2) is 21.6 Å². The Hall–Kier alpha value is -0.230. The molecule has 0 bridgehead atoms. The molecule has 0 amide bonds. The molecule has 2 N–H and O–H groups in total. The van der Waals surface area contributed by atoms with Crippen molar-refractivity contribution in [3.8, 4) is 0 Å². The minimum Gasteiger partial charge on any atom is -0.285 e. The molecule has 0 aromatic heterocycles. The van der Waals surface area contributed by atoms with Crippen LogP contribution in [-0.4, -0.2) is 58.9 Å². The molecule has 8 nitrogen and oxygen atoms in total. The molecule has 0 heterocycles. The van der Waals surface area contributed by atoms with Gasteiger partial charge < -0.3 is 0 Å². The van der Waals surface area contributed by atoms with E-state index in [1.807, 2.05) is 0 Å². The molecule has 0 aliphatic heterocycles. The van der Waals surface area contributed by atoms with Crippen molar-refractivity contribution in [2.75, 3.05) is 12.5 Å². The topological polar surface area (TPSA) is 135 Å². The van der Waals surface area contributed by atoms with Crippen LogP contribution < -0.4 is 4.72 Å². The zero-order valence-electron chi connectivity index (χ0n) is 10.5. The van der Waals surface area contributed by atoms with Crippen molar-refractivity contribution in [1.29, 1.82) is 0 Å². The monoisotopic (exact) mass is 335 g/mol. The van der Waals surface area contributed by atoms with Crippen LogP contribution in [0.15, 0.2) is 0 Å². The molecule has 1 aliphatic carbocycles. The lowest BCUT2D eigenvalue weighted by atomic mass is 9.95. The van der Waals surface area contributed by atoms with Crippen molar-refractivity contribution in [2.45, 2.75) is 35.8 Å². The van der Waals surface area contributed by atoms with Gasteiger partial charge in [0, 0.05) is 12.3 Å². The first kappa shape index (κ1) is 16.8. The maximum absolute atomic E-state index is 11.6. The normalized spacial score (nSPS) is 30.2. The van der Waals surface area contributed by atoms with E-state index >= 15 is 0 Å². The number of hydrogen-bond acceptors (Lipinski definition) is 6. The van der Waals surface area contributed by atoms with Crippen LogP contribution in [0.2, 0.25) is 0 Å². The van der Waals surface area contributed by atoms with Crippen LogP contribution in [0.5, 0.6) is 0 Å². The summed E-state index contributed by atoms with van der Waals surface area (Å²) in [7, 11) is -11.6. The van der Waals surface area contributed by atoms with Gasteiger partial charge in [-0.1, -0.05) is 0 Å². The van der Waals surface area contributed by atoms with Crippen molar-refractivity contribution >= 4 is 30.0 Å². The Morgan fingerprint density at radius 1 is 1.00 bits per heavy atom. The zero-order valence-corrected chi connectivity index (χ0v) is 12.9. The van der Waals surface area contributed by atoms with E-state index in [4.69, 9.17) is 4.55 Å². The van der Waals surface area contributed by atoms with E-state index < -0.39 is 46.5 Å². The second-order valence-corrected chi connectivity index (χ2v) is 10.6. The number of sulfonamides is 1.